The van der Waals surface area contributed by atoms with E-state index in [0.717, 1.165) is 30.6 Å². The minimum atomic E-state index is -0.146. The molecule has 0 amide bonds. The molecule has 5 heteroatoms. The van der Waals surface area contributed by atoms with Crippen LogP contribution in [0.2, 0.25) is 0 Å². The highest BCUT2D eigenvalue weighted by atomic mass is 16.1. The number of H-pyrrole nitrogens is 1. The molecule has 5 nitrogen and oxygen atoms in total. The van der Waals surface area contributed by atoms with E-state index in [-0.39, 0.29) is 5.56 Å². The summed E-state index contributed by atoms with van der Waals surface area (Å²) in [5.74, 6) is 0.448. The van der Waals surface area contributed by atoms with Crippen LogP contribution < -0.4 is 16.6 Å². The Morgan fingerprint density at radius 2 is 2.21 bits per heavy atom. The molecule has 1 aromatic heterocycles. The molecular weight excluding hydrogens is 240 g/mol. The predicted octanol–water partition coefficient (Wildman–Crippen LogP) is 2.44. The third-order valence-corrected chi connectivity index (χ3v) is 2.73. The molecule has 0 bridgehead atoms. The third kappa shape index (κ3) is 3.84. The Kier molecular flexibility index (Phi) is 4.18. The third-order valence-electron chi connectivity index (χ3n) is 2.73. The lowest BCUT2D eigenvalue weighted by Crippen LogP contribution is -2.12. The van der Waals surface area contributed by atoms with Crippen LogP contribution in [0.15, 0.2) is 35.1 Å². The molecule has 19 heavy (non-hydrogen) atoms. The number of nitrogens with one attached hydrogen (secondary N) is 2. The van der Waals surface area contributed by atoms with Crippen molar-refractivity contribution in [2.45, 2.75) is 26.2 Å². The molecule has 100 valence electrons. The summed E-state index contributed by atoms with van der Waals surface area (Å²) < 4.78 is 0. The number of aromatic amines is 1. The van der Waals surface area contributed by atoms with Gasteiger partial charge >= 0.3 is 0 Å². The van der Waals surface area contributed by atoms with E-state index in [1.807, 2.05) is 12.1 Å². The van der Waals surface area contributed by atoms with Crippen molar-refractivity contribution in [3.05, 3.63) is 46.4 Å². The van der Waals surface area contributed by atoms with Gasteiger partial charge in [0.05, 0.1) is 0 Å². The van der Waals surface area contributed by atoms with Gasteiger partial charge in [0.25, 0.3) is 5.56 Å². The first kappa shape index (κ1) is 13.1. The van der Waals surface area contributed by atoms with Crippen LogP contribution in [0.25, 0.3) is 0 Å². The molecule has 0 aliphatic rings. The Bertz CT molecular complexity index is 606. The summed E-state index contributed by atoms with van der Waals surface area (Å²) in [7, 11) is 0. The van der Waals surface area contributed by atoms with Crippen molar-refractivity contribution in [1.82, 2.24) is 9.97 Å². The Morgan fingerprint density at radius 3 is 2.95 bits per heavy atom. The van der Waals surface area contributed by atoms with Crippen LogP contribution in [0.4, 0.5) is 17.3 Å². The molecule has 0 fully saturated rings. The van der Waals surface area contributed by atoms with Gasteiger partial charge in [0.1, 0.15) is 0 Å². The van der Waals surface area contributed by atoms with E-state index in [2.05, 4.69) is 22.2 Å². The van der Waals surface area contributed by atoms with Crippen LogP contribution in [0, 0.1) is 0 Å². The molecule has 1 heterocycles. The van der Waals surface area contributed by atoms with Gasteiger partial charge < -0.3 is 11.1 Å². The zero-order valence-electron chi connectivity index (χ0n) is 10.9. The zero-order chi connectivity index (χ0) is 13.7. The van der Waals surface area contributed by atoms with Crippen LogP contribution in [0.3, 0.4) is 0 Å². The molecule has 0 atom stereocenters. The van der Waals surface area contributed by atoms with Crippen molar-refractivity contribution in [2.24, 2.45) is 0 Å². The van der Waals surface area contributed by atoms with E-state index in [4.69, 9.17) is 5.73 Å². The van der Waals surface area contributed by atoms with Crippen LogP contribution in [0.1, 0.15) is 25.5 Å². The number of anilines is 3. The standard InChI is InChI=1S/C14H18N4O/c1-2-3-6-12-9-13(19)18-14(17-12)16-11-7-4-5-10(15)8-11/h4-5,7-9H,2-3,6,15H2,1H3,(H2,16,17,18,19). The van der Waals surface area contributed by atoms with Crippen LogP contribution in [-0.2, 0) is 6.42 Å². The number of hydrogen-bond acceptors (Lipinski definition) is 4. The fourth-order valence-electron chi connectivity index (χ4n) is 1.81. The lowest BCUT2D eigenvalue weighted by molar-refractivity contribution is 0.772. The molecule has 0 aliphatic heterocycles. The summed E-state index contributed by atoms with van der Waals surface area (Å²) in [4.78, 5) is 18.6. The molecule has 4 N–H and O–H groups in total. The number of nitrogen functional groups attached to an aromatic ring is 1. The van der Waals surface area contributed by atoms with E-state index >= 15 is 0 Å². The average molecular weight is 258 g/mol. The van der Waals surface area contributed by atoms with Gasteiger partial charge in [0.2, 0.25) is 5.95 Å². The molecule has 0 spiro atoms. The molecular formula is C14H18N4O. The smallest absolute Gasteiger partial charge is 0.252 e. The van der Waals surface area contributed by atoms with Gasteiger partial charge in [-0.1, -0.05) is 19.4 Å². The lowest BCUT2D eigenvalue weighted by atomic mass is 10.2. The highest BCUT2D eigenvalue weighted by Gasteiger charge is 2.02. The number of nitrogens with zero attached hydrogens (tertiary/aromatic N) is 1. The second-order valence-electron chi connectivity index (χ2n) is 4.44. The average Bonchev–Trinajstić information content (AvgIpc) is 2.35. The van der Waals surface area contributed by atoms with Crippen molar-refractivity contribution in [3.63, 3.8) is 0 Å². The topological polar surface area (TPSA) is 83.8 Å². The molecule has 0 saturated heterocycles. The molecule has 0 radical (unpaired) electrons. The normalized spacial score (nSPS) is 10.4. The lowest BCUT2D eigenvalue weighted by Gasteiger charge is -2.07. The summed E-state index contributed by atoms with van der Waals surface area (Å²) in [6.45, 7) is 2.11. The second kappa shape index (κ2) is 6.04. The molecule has 2 aromatic rings. The first-order valence-electron chi connectivity index (χ1n) is 6.40. The maximum atomic E-state index is 11.6. The minimum Gasteiger partial charge on any atom is -0.399 e. The van der Waals surface area contributed by atoms with Crippen molar-refractivity contribution < 1.29 is 0 Å². The Balaban J connectivity index is 2.20. The number of rotatable bonds is 5. The van der Waals surface area contributed by atoms with Gasteiger partial charge in [0, 0.05) is 23.1 Å². The summed E-state index contributed by atoms with van der Waals surface area (Å²) in [6.07, 6.45) is 2.91. The molecule has 1 aromatic carbocycles. The van der Waals surface area contributed by atoms with Crippen LogP contribution in [0.5, 0.6) is 0 Å². The van der Waals surface area contributed by atoms with E-state index < -0.39 is 0 Å². The van der Waals surface area contributed by atoms with Gasteiger partial charge in [-0.25, -0.2) is 4.98 Å². The number of nitrogens with two attached hydrogens (primary N) is 1. The fraction of sp³-hybridized carbons (Fsp3) is 0.286. The first-order chi connectivity index (χ1) is 9.17. The predicted molar refractivity (Wildman–Crippen MR) is 77.6 cm³/mol. The van der Waals surface area contributed by atoms with E-state index in [1.165, 1.54) is 0 Å². The van der Waals surface area contributed by atoms with E-state index in [0.29, 0.717) is 11.6 Å². The largest absolute Gasteiger partial charge is 0.399 e. The fourth-order valence-corrected chi connectivity index (χ4v) is 1.81. The van der Waals surface area contributed by atoms with Crippen molar-refractivity contribution >= 4 is 17.3 Å². The first-order valence-corrected chi connectivity index (χ1v) is 6.40. The number of aromatic nitrogens is 2. The maximum absolute atomic E-state index is 11.6. The Hall–Kier alpha value is -2.30. The Morgan fingerprint density at radius 1 is 1.37 bits per heavy atom. The summed E-state index contributed by atoms with van der Waals surface area (Å²) in [6, 6.07) is 8.85. The minimum absolute atomic E-state index is 0.146. The number of unbranched alkanes of at least 4 members (excludes halogenated alkanes) is 1. The van der Waals surface area contributed by atoms with Crippen molar-refractivity contribution in [1.29, 1.82) is 0 Å². The van der Waals surface area contributed by atoms with Gasteiger partial charge in [-0.05, 0) is 31.0 Å². The SMILES string of the molecule is CCCCc1cc(=O)[nH]c(Nc2cccc(N)c2)n1. The molecule has 0 saturated carbocycles. The number of hydrogen-bond donors (Lipinski definition) is 3. The van der Waals surface area contributed by atoms with Crippen LogP contribution >= 0.6 is 0 Å². The summed E-state index contributed by atoms with van der Waals surface area (Å²) in [5.41, 5.74) is 7.83. The van der Waals surface area contributed by atoms with Gasteiger partial charge in [-0.15, -0.1) is 0 Å². The second-order valence-corrected chi connectivity index (χ2v) is 4.44. The van der Waals surface area contributed by atoms with Crippen molar-refractivity contribution in [3.8, 4) is 0 Å². The summed E-state index contributed by atoms with van der Waals surface area (Å²) in [5, 5.41) is 3.06. The van der Waals surface area contributed by atoms with Crippen LogP contribution in [-0.4, -0.2) is 9.97 Å². The maximum Gasteiger partial charge on any atom is 0.252 e. The van der Waals surface area contributed by atoms with E-state index in [1.54, 1.807) is 18.2 Å². The number of aryl methyl sites for hydroxylation is 1. The molecule has 2 rings (SSSR count). The van der Waals surface area contributed by atoms with Gasteiger partial charge in [-0.2, -0.15) is 0 Å². The van der Waals surface area contributed by atoms with E-state index in [9.17, 15) is 4.79 Å². The Labute approximate surface area is 111 Å². The van der Waals surface area contributed by atoms with Crippen molar-refractivity contribution in [2.75, 3.05) is 11.1 Å². The van der Waals surface area contributed by atoms with Gasteiger partial charge in [0.15, 0.2) is 0 Å². The van der Waals surface area contributed by atoms with Gasteiger partial charge in [-0.3, -0.25) is 9.78 Å². The highest BCUT2D eigenvalue weighted by molar-refractivity contribution is 5.59. The number of benzene rings is 1. The zero-order valence-corrected chi connectivity index (χ0v) is 10.9. The summed E-state index contributed by atoms with van der Waals surface area (Å²) >= 11 is 0. The monoisotopic (exact) mass is 258 g/mol. The highest BCUT2D eigenvalue weighted by Crippen LogP contribution is 2.15. The quantitative estimate of drug-likeness (QED) is 0.719. The molecule has 0 unspecified atom stereocenters. The molecule has 0 aliphatic carbocycles.